The molecule has 3 rings (SSSR count). The van der Waals surface area contributed by atoms with Gasteiger partial charge in [0.2, 0.25) is 11.9 Å². The number of carbonyl (C=O) groups excluding carboxylic acids is 1. The van der Waals surface area contributed by atoms with Crippen molar-refractivity contribution in [1.82, 2.24) is 20.1 Å². The van der Waals surface area contributed by atoms with Gasteiger partial charge in [0.15, 0.2) is 5.16 Å². The highest BCUT2D eigenvalue weighted by Crippen LogP contribution is 2.31. The lowest BCUT2D eigenvalue weighted by Gasteiger charge is -2.19. The summed E-state index contributed by atoms with van der Waals surface area (Å²) in [5.41, 5.74) is 0.910. The first-order valence-corrected chi connectivity index (χ1v) is 10.3. The summed E-state index contributed by atoms with van der Waals surface area (Å²) in [6.45, 7) is 6.55. The molecule has 140 valence electrons. The van der Waals surface area contributed by atoms with Gasteiger partial charge in [-0.3, -0.25) is 9.36 Å². The third-order valence-corrected chi connectivity index (χ3v) is 5.55. The van der Waals surface area contributed by atoms with Crippen molar-refractivity contribution in [2.45, 2.75) is 43.5 Å². The van der Waals surface area contributed by atoms with E-state index in [1.807, 2.05) is 42.7 Å². The van der Waals surface area contributed by atoms with Crippen molar-refractivity contribution in [2.24, 2.45) is 0 Å². The average molecular weight is 394 g/mol. The van der Waals surface area contributed by atoms with Crippen LogP contribution in [-0.4, -0.2) is 45.6 Å². The Morgan fingerprint density at radius 2 is 2.12 bits per heavy atom. The van der Waals surface area contributed by atoms with E-state index < -0.39 is 0 Å². The largest absolute Gasteiger partial charge is 0.355 e. The molecule has 1 saturated heterocycles. The molecule has 2 aromatic rings. The van der Waals surface area contributed by atoms with Gasteiger partial charge in [-0.2, -0.15) is 0 Å². The van der Waals surface area contributed by atoms with Crippen LogP contribution in [0.15, 0.2) is 29.4 Å². The van der Waals surface area contributed by atoms with E-state index in [9.17, 15) is 4.79 Å². The summed E-state index contributed by atoms with van der Waals surface area (Å²) in [5, 5.41) is 12.8. The zero-order chi connectivity index (χ0) is 18.5. The number of rotatable bonds is 7. The van der Waals surface area contributed by atoms with E-state index >= 15 is 0 Å². The van der Waals surface area contributed by atoms with Crippen LogP contribution in [0.3, 0.4) is 0 Å². The molecule has 8 heteroatoms. The van der Waals surface area contributed by atoms with Crippen LogP contribution in [0.1, 0.15) is 33.1 Å². The highest BCUT2D eigenvalue weighted by atomic mass is 35.5. The smallest absolute Gasteiger partial charge is 0.233 e. The predicted octanol–water partition coefficient (Wildman–Crippen LogP) is 3.53. The molecular weight excluding hydrogens is 370 g/mol. The second kappa shape index (κ2) is 8.77. The summed E-state index contributed by atoms with van der Waals surface area (Å²) in [6.07, 6.45) is 3.22. The van der Waals surface area contributed by atoms with E-state index in [4.69, 9.17) is 11.6 Å². The molecule has 6 nitrogen and oxygen atoms in total. The first-order chi connectivity index (χ1) is 12.6. The third-order valence-electron chi connectivity index (χ3n) is 4.27. The number of benzene rings is 1. The molecule has 0 unspecified atom stereocenters. The fourth-order valence-corrected chi connectivity index (χ4v) is 3.98. The van der Waals surface area contributed by atoms with E-state index in [1.54, 1.807) is 0 Å². The summed E-state index contributed by atoms with van der Waals surface area (Å²) in [7, 11) is 0. The molecule has 1 amide bonds. The summed E-state index contributed by atoms with van der Waals surface area (Å²) in [5.74, 6) is 0.827. The molecule has 0 aliphatic carbocycles. The molecule has 1 N–H and O–H groups in total. The molecule has 0 bridgehead atoms. The molecule has 26 heavy (non-hydrogen) atoms. The maximum atomic E-state index is 12.3. The fraction of sp³-hybridized carbons (Fsp3) is 0.500. The van der Waals surface area contributed by atoms with Crippen LogP contribution in [0.4, 0.5) is 5.95 Å². The number of thioether (sulfide) groups is 1. The predicted molar refractivity (Wildman–Crippen MR) is 106 cm³/mol. The standard InChI is InChI=1S/C18H24ClN5OS/c1-3-9-20-16(25)13(2)26-18-22-21-17(23-10-4-5-11-23)24(18)15-8-6-7-14(19)12-15/h6-8,12-13H,3-5,9-11H2,1-2H3,(H,20,25)/t13-/m0/s1. The van der Waals surface area contributed by atoms with E-state index in [2.05, 4.69) is 20.4 Å². The zero-order valence-corrected chi connectivity index (χ0v) is 16.7. The molecule has 0 spiro atoms. The number of aromatic nitrogens is 3. The highest BCUT2D eigenvalue weighted by molar-refractivity contribution is 8.00. The van der Waals surface area contributed by atoms with Gasteiger partial charge in [0.05, 0.1) is 10.9 Å². The first kappa shape index (κ1) is 19.0. The van der Waals surface area contributed by atoms with Crippen molar-refractivity contribution in [3.8, 4) is 5.69 Å². The van der Waals surface area contributed by atoms with Gasteiger partial charge in [-0.1, -0.05) is 36.4 Å². The van der Waals surface area contributed by atoms with Crippen molar-refractivity contribution in [2.75, 3.05) is 24.5 Å². The quantitative estimate of drug-likeness (QED) is 0.729. The molecule has 1 aliphatic rings. The molecular formula is C18H24ClN5OS. The molecule has 1 fully saturated rings. The number of anilines is 1. The van der Waals surface area contributed by atoms with Crippen molar-refractivity contribution >= 4 is 35.2 Å². The molecule has 1 aromatic carbocycles. The molecule has 2 heterocycles. The topological polar surface area (TPSA) is 63.1 Å². The fourth-order valence-electron chi connectivity index (χ4n) is 2.91. The number of carbonyl (C=O) groups is 1. The summed E-state index contributed by atoms with van der Waals surface area (Å²) in [4.78, 5) is 14.5. The molecule has 1 aliphatic heterocycles. The molecule has 0 saturated carbocycles. The van der Waals surface area contributed by atoms with Crippen LogP contribution >= 0.6 is 23.4 Å². The Labute approximate surface area is 163 Å². The normalized spacial score (nSPS) is 15.3. The van der Waals surface area contributed by atoms with E-state index in [0.717, 1.165) is 44.0 Å². The number of nitrogens with one attached hydrogen (secondary N) is 1. The minimum absolute atomic E-state index is 0.0141. The van der Waals surface area contributed by atoms with Crippen LogP contribution in [0.5, 0.6) is 0 Å². The number of hydrogen-bond acceptors (Lipinski definition) is 5. The molecule has 0 radical (unpaired) electrons. The first-order valence-electron chi connectivity index (χ1n) is 9.01. The maximum absolute atomic E-state index is 12.3. The van der Waals surface area contributed by atoms with Gasteiger partial charge in [0.25, 0.3) is 0 Å². The Balaban J connectivity index is 1.91. The Morgan fingerprint density at radius 1 is 1.35 bits per heavy atom. The highest BCUT2D eigenvalue weighted by Gasteiger charge is 2.25. The molecule has 1 aromatic heterocycles. The maximum Gasteiger partial charge on any atom is 0.233 e. The molecule has 1 atom stereocenters. The van der Waals surface area contributed by atoms with Crippen molar-refractivity contribution in [1.29, 1.82) is 0 Å². The van der Waals surface area contributed by atoms with Gasteiger partial charge in [-0.25, -0.2) is 0 Å². The van der Waals surface area contributed by atoms with Crippen LogP contribution in [0.2, 0.25) is 5.02 Å². The van der Waals surface area contributed by atoms with Crippen molar-refractivity contribution < 1.29 is 4.79 Å². The average Bonchev–Trinajstić information content (AvgIpc) is 3.29. The lowest BCUT2D eigenvalue weighted by Crippen LogP contribution is -2.31. The van der Waals surface area contributed by atoms with E-state index in [0.29, 0.717) is 16.7 Å². The van der Waals surface area contributed by atoms with Gasteiger partial charge >= 0.3 is 0 Å². The van der Waals surface area contributed by atoms with Gasteiger partial charge < -0.3 is 10.2 Å². The number of nitrogens with zero attached hydrogens (tertiary/aromatic N) is 4. The Morgan fingerprint density at radius 3 is 2.81 bits per heavy atom. The zero-order valence-electron chi connectivity index (χ0n) is 15.1. The van der Waals surface area contributed by atoms with E-state index in [1.165, 1.54) is 11.8 Å². The van der Waals surface area contributed by atoms with E-state index in [-0.39, 0.29) is 11.2 Å². The van der Waals surface area contributed by atoms with Gasteiger partial charge in [0, 0.05) is 24.7 Å². The second-order valence-corrected chi connectivity index (χ2v) is 8.09. The monoisotopic (exact) mass is 393 g/mol. The van der Waals surface area contributed by atoms with Gasteiger partial charge in [-0.05, 0) is 44.4 Å². The van der Waals surface area contributed by atoms with Crippen LogP contribution in [0, 0.1) is 0 Å². The summed E-state index contributed by atoms with van der Waals surface area (Å²) < 4.78 is 2.01. The minimum Gasteiger partial charge on any atom is -0.355 e. The third kappa shape index (κ3) is 4.32. The van der Waals surface area contributed by atoms with Crippen LogP contribution in [-0.2, 0) is 4.79 Å². The van der Waals surface area contributed by atoms with Crippen molar-refractivity contribution in [3.05, 3.63) is 29.3 Å². The summed E-state index contributed by atoms with van der Waals surface area (Å²) >= 11 is 7.62. The summed E-state index contributed by atoms with van der Waals surface area (Å²) in [6, 6.07) is 7.65. The van der Waals surface area contributed by atoms with Crippen molar-refractivity contribution in [3.63, 3.8) is 0 Å². The van der Waals surface area contributed by atoms with Gasteiger partial charge in [0.1, 0.15) is 0 Å². The number of halogens is 1. The SMILES string of the molecule is CCCNC(=O)[C@H](C)Sc1nnc(N2CCCC2)n1-c1cccc(Cl)c1. The van der Waals surface area contributed by atoms with Gasteiger partial charge in [-0.15, -0.1) is 10.2 Å². The Hall–Kier alpha value is -1.73. The van der Waals surface area contributed by atoms with Crippen LogP contribution < -0.4 is 10.2 Å². The lowest BCUT2D eigenvalue weighted by atomic mass is 10.3. The van der Waals surface area contributed by atoms with Crippen LogP contribution in [0.25, 0.3) is 5.69 Å². The lowest BCUT2D eigenvalue weighted by molar-refractivity contribution is -0.120. The Bertz CT molecular complexity index is 760. The number of hydrogen-bond donors (Lipinski definition) is 1. The number of amides is 1. The second-order valence-electron chi connectivity index (χ2n) is 6.34. The minimum atomic E-state index is -0.255. The Kier molecular flexibility index (Phi) is 6.43.